The lowest BCUT2D eigenvalue weighted by molar-refractivity contribution is -0.123. The van der Waals surface area contributed by atoms with Gasteiger partial charge in [0.1, 0.15) is 5.75 Å². The van der Waals surface area contributed by atoms with E-state index in [4.69, 9.17) is 9.84 Å². The fourth-order valence-corrected chi connectivity index (χ4v) is 1.67. The van der Waals surface area contributed by atoms with E-state index < -0.39 is 0 Å². The van der Waals surface area contributed by atoms with Gasteiger partial charge in [0.2, 0.25) is 0 Å². The summed E-state index contributed by atoms with van der Waals surface area (Å²) in [6, 6.07) is 7.26. The predicted octanol–water partition coefficient (Wildman–Crippen LogP) is 1.71. The van der Waals surface area contributed by atoms with Crippen LogP contribution in [0.5, 0.6) is 5.75 Å². The summed E-state index contributed by atoms with van der Waals surface area (Å²) in [7, 11) is 0. The SMILES string of the molecule is CC(CCO)NC(=O)COc1cccc(Br)c1. The highest BCUT2D eigenvalue weighted by molar-refractivity contribution is 9.10. The molecule has 0 aliphatic rings. The van der Waals surface area contributed by atoms with Crippen LogP contribution in [0, 0.1) is 0 Å². The third-order valence-corrected chi connectivity index (χ3v) is 2.63. The number of carbonyl (C=O) groups excluding carboxylic acids is 1. The van der Waals surface area contributed by atoms with Gasteiger partial charge in [-0.2, -0.15) is 0 Å². The summed E-state index contributed by atoms with van der Waals surface area (Å²) >= 11 is 3.32. The predicted molar refractivity (Wildman–Crippen MR) is 68.9 cm³/mol. The number of rotatable bonds is 6. The first-order valence-corrected chi connectivity index (χ1v) is 6.19. The lowest BCUT2D eigenvalue weighted by Gasteiger charge is -2.12. The highest BCUT2D eigenvalue weighted by Gasteiger charge is 2.07. The first kappa shape index (κ1) is 14.0. The van der Waals surface area contributed by atoms with Gasteiger partial charge >= 0.3 is 0 Å². The van der Waals surface area contributed by atoms with Crippen LogP contribution in [-0.2, 0) is 4.79 Å². The molecule has 2 N–H and O–H groups in total. The summed E-state index contributed by atoms with van der Waals surface area (Å²) in [6.45, 7) is 1.88. The van der Waals surface area contributed by atoms with Gasteiger partial charge in [-0.1, -0.05) is 22.0 Å². The molecule has 5 heteroatoms. The average Bonchev–Trinajstić information content (AvgIpc) is 2.27. The van der Waals surface area contributed by atoms with Crippen molar-refractivity contribution >= 4 is 21.8 Å². The molecule has 1 aromatic rings. The zero-order valence-electron chi connectivity index (χ0n) is 9.65. The first-order valence-electron chi connectivity index (χ1n) is 5.40. The minimum Gasteiger partial charge on any atom is -0.484 e. The molecule has 1 aromatic carbocycles. The van der Waals surface area contributed by atoms with Crippen molar-refractivity contribution < 1.29 is 14.6 Å². The minimum atomic E-state index is -0.189. The van der Waals surface area contributed by atoms with E-state index in [1.54, 1.807) is 12.1 Å². The lowest BCUT2D eigenvalue weighted by atomic mass is 10.2. The Hall–Kier alpha value is -1.07. The van der Waals surface area contributed by atoms with Crippen LogP contribution >= 0.6 is 15.9 Å². The van der Waals surface area contributed by atoms with E-state index in [0.29, 0.717) is 12.2 Å². The van der Waals surface area contributed by atoms with Gasteiger partial charge < -0.3 is 15.2 Å². The molecule has 1 amide bonds. The largest absolute Gasteiger partial charge is 0.484 e. The summed E-state index contributed by atoms with van der Waals surface area (Å²) < 4.78 is 6.23. The summed E-state index contributed by atoms with van der Waals surface area (Å²) in [6.07, 6.45) is 0.544. The zero-order valence-corrected chi connectivity index (χ0v) is 11.2. The Bertz CT molecular complexity index is 371. The number of carbonyl (C=O) groups is 1. The molecule has 0 fully saturated rings. The number of hydrogen-bond acceptors (Lipinski definition) is 3. The molecule has 0 saturated carbocycles. The fraction of sp³-hybridized carbons (Fsp3) is 0.417. The van der Waals surface area contributed by atoms with Crippen molar-refractivity contribution in [3.63, 3.8) is 0 Å². The van der Waals surface area contributed by atoms with Gasteiger partial charge in [-0.3, -0.25) is 4.79 Å². The second-order valence-electron chi connectivity index (χ2n) is 3.73. The maximum atomic E-state index is 11.5. The smallest absolute Gasteiger partial charge is 0.258 e. The monoisotopic (exact) mass is 301 g/mol. The molecule has 0 aliphatic carbocycles. The van der Waals surface area contributed by atoms with Gasteiger partial charge in [-0.15, -0.1) is 0 Å². The van der Waals surface area contributed by atoms with Crippen molar-refractivity contribution in [1.82, 2.24) is 5.32 Å². The standard InChI is InChI=1S/C12H16BrNO3/c1-9(5-6-15)14-12(16)8-17-11-4-2-3-10(13)7-11/h2-4,7,9,15H,5-6,8H2,1H3,(H,14,16). The zero-order chi connectivity index (χ0) is 12.7. The van der Waals surface area contributed by atoms with Crippen molar-refractivity contribution in [2.75, 3.05) is 13.2 Å². The molecule has 1 rings (SSSR count). The van der Waals surface area contributed by atoms with Crippen molar-refractivity contribution in [2.24, 2.45) is 0 Å². The number of halogens is 1. The Kier molecular flexibility index (Phi) is 6.00. The normalized spacial score (nSPS) is 11.9. The maximum Gasteiger partial charge on any atom is 0.258 e. The number of ether oxygens (including phenoxy) is 1. The molecule has 0 bridgehead atoms. The number of benzene rings is 1. The van der Waals surface area contributed by atoms with E-state index in [-0.39, 0.29) is 25.2 Å². The number of aliphatic hydroxyl groups is 1. The molecule has 4 nitrogen and oxygen atoms in total. The Morgan fingerprint density at radius 3 is 3.00 bits per heavy atom. The number of aliphatic hydroxyl groups excluding tert-OH is 1. The summed E-state index contributed by atoms with van der Waals surface area (Å²) in [5.41, 5.74) is 0. The van der Waals surface area contributed by atoms with E-state index in [9.17, 15) is 4.79 Å². The van der Waals surface area contributed by atoms with E-state index in [1.165, 1.54) is 0 Å². The first-order chi connectivity index (χ1) is 8.11. The van der Waals surface area contributed by atoms with Gasteiger partial charge in [0.25, 0.3) is 5.91 Å². The van der Waals surface area contributed by atoms with Crippen LogP contribution < -0.4 is 10.1 Å². The Labute approximate surface area is 109 Å². The highest BCUT2D eigenvalue weighted by atomic mass is 79.9. The number of nitrogens with one attached hydrogen (secondary N) is 1. The lowest BCUT2D eigenvalue weighted by Crippen LogP contribution is -2.36. The quantitative estimate of drug-likeness (QED) is 0.841. The highest BCUT2D eigenvalue weighted by Crippen LogP contribution is 2.17. The summed E-state index contributed by atoms with van der Waals surface area (Å²) in [5, 5.41) is 11.4. The molecule has 0 saturated heterocycles. The number of hydrogen-bond donors (Lipinski definition) is 2. The minimum absolute atomic E-state index is 0.0216. The van der Waals surface area contributed by atoms with E-state index in [1.807, 2.05) is 19.1 Å². The second-order valence-corrected chi connectivity index (χ2v) is 4.64. The van der Waals surface area contributed by atoms with Crippen LogP contribution in [-0.4, -0.2) is 30.3 Å². The van der Waals surface area contributed by atoms with Gasteiger partial charge in [0, 0.05) is 17.1 Å². The molecule has 0 spiro atoms. The Morgan fingerprint density at radius 2 is 2.35 bits per heavy atom. The van der Waals surface area contributed by atoms with E-state index in [2.05, 4.69) is 21.2 Å². The van der Waals surface area contributed by atoms with Gasteiger partial charge in [-0.25, -0.2) is 0 Å². The molecule has 0 aromatic heterocycles. The topological polar surface area (TPSA) is 58.6 Å². The third kappa shape index (κ3) is 5.70. The summed E-state index contributed by atoms with van der Waals surface area (Å²) in [5.74, 6) is 0.454. The van der Waals surface area contributed by atoms with E-state index >= 15 is 0 Å². The van der Waals surface area contributed by atoms with Crippen LogP contribution in [0.3, 0.4) is 0 Å². The molecule has 1 unspecified atom stereocenters. The molecule has 0 radical (unpaired) electrons. The van der Waals surface area contributed by atoms with Crippen molar-refractivity contribution in [1.29, 1.82) is 0 Å². The van der Waals surface area contributed by atoms with Crippen LogP contribution in [0.15, 0.2) is 28.7 Å². The van der Waals surface area contributed by atoms with Crippen LogP contribution in [0.2, 0.25) is 0 Å². The average molecular weight is 302 g/mol. The third-order valence-electron chi connectivity index (χ3n) is 2.14. The second kappa shape index (κ2) is 7.29. The molecular formula is C12H16BrNO3. The Morgan fingerprint density at radius 1 is 1.59 bits per heavy atom. The molecule has 1 atom stereocenters. The summed E-state index contributed by atoms with van der Waals surface area (Å²) in [4.78, 5) is 11.5. The Balaban J connectivity index is 2.33. The van der Waals surface area contributed by atoms with Crippen molar-refractivity contribution in [3.05, 3.63) is 28.7 Å². The molecule has 0 aliphatic heterocycles. The maximum absolute atomic E-state index is 11.5. The van der Waals surface area contributed by atoms with Crippen LogP contribution in [0.1, 0.15) is 13.3 Å². The fourth-order valence-electron chi connectivity index (χ4n) is 1.29. The van der Waals surface area contributed by atoms with Crippen molar-refractivity contribution in [3.8, 4) is 5.75 Å². The van der Waals surface area contributed by atoms with E-state index in [0.717, 1.165) is 4.47 Å². The van der Waals surface area contributed by atoms with Gasteiger partial charge in [-0.05, 0) is 31.5 Å². The van der Waals surface area contributed by atoms with Crippen LogP contribution in [0.4, 0.5) is 0 Å². The number of amides is 1. The van der Waals surface area contributed by atoms with Crippen molar-refractivity contribution in [2.45, 2.75) is 19.4 Å². The molecule has 17 heavy (non-hydrogen) atoms. The molecular weight excluding hydrogens is 286 g/mol. The van der Waals surface area contributed by atoms with Gasteiger partial charge in [0.05, 0.1) is 0 Å². The van der Waals surface area contributed by atoms with Crippen LogP contribution in [0.25, 0.3) is 0 Å². The van der Waals surface area contributed by atoms with Gasteiger partial charge in [0.15, 0.2) is 6.61 Å². The molecule has 0 heterocycles. The molecule has 94 valence electrons.